The van der Waals surface area contributed by atoms with Gasteiger partial charge in [-0.25, -0.2) is 18.2 Å². The summed E-state index contributed by atoms with van der Waals surface area (Å²) in [7, 11) is -0.924. The van der Waals surface area contributed by atoms with Crippen LogP contribution in [0.3, 0.4) is 0 Å². The van der Waals surface area contributed by atoms with E-state index in [1.165, 1.54) is 4.90 Å². The van der Waals surface area contributed by atoms with Crippen molar-refractivity contribution in [3.05, 3.63) is 54.6 Å². The second kappa shape index (κ2) is 18.6. The fraction of sp³-hybridized carbons (Fsp3) is 0.571. The third-order valence-corrected chi connectivity index (χ3v) is 15.2. The first-order valence-electron chi connectivity index (χ1n) is 22.9. The number of nitrogens with zero attached hydrogens (tertiary/aromatic N) is 2. The molecule has 16 nitrogen and oxygen atoms in total. The van der Waals surface area contributed by atoms with Gasteiger partial charge in [0, 0.05) is 28.7 Å². The Labute approximate surface area is 387 Å². The zero-order valence-corrected chi connectivity index (χ0v) is 40.5. The number of carbonyl (C=O) groups excluding carboxylic acids is 4. The van der Waals surface area contributed by atoms with Crippen LogP contribution in [0.25, 0.3) is 22.0 Å². The van der Waals surface area contributed by atoms with Crippen LogP contribution in [0.4, 0.5) is 4.79 Å². The Morgan fingerprint density at radius 3 is 2.30 bits per heavy atom. The van der Waals surface area contributed by atoms with E-state index in [1.54, 1.807) is 54.0 Å². The molecule has 4 amide bonds. The maximum atomic E-state index is 15.1. The van der Waals surface area contributed by atoms with Gasteiger partial charge in [0.25, 0.3) is 5.91 Å². The zero-order chi connectivity index (χ0) is 47.9. The molecule has 1 aromatic heterocycles. The number of methoxy groups -OCH3 is 2. The number of benzene rings is 2. The molecule has 17 heteroatoms. The van der Waals surface area contributed by atoms with Crippen molar-refractivity contribution in [3.8, 4) is 34.4 Å². The predicted molar refractivity (Wildman–Crippen MR) is 249 cm³/mol. The minimum atomic E-state index is -4.04. The summed E-state index contributed by atoms with van der Waals surface area (Å²) in [4.78, 5) is 64.0. The highest BCUT2D eigenvalue weighted by molar-refractivity contribution is 7.91. The second-order valence-corrected chi connectivity index (χ2v) is 22.2. The molecule has 3 fully saturated rings. The first kappa shape index (κ1) is 48.4. The number of sulfonamides is 1. The molecule has 0 bridgehead atoms. The number of hydrogen-bond donors (Lipinski definition) is 3. The van der Waals surface area contributed by atoms with E-state index in [1.807, 2.05) is 63.3 Å². The van der Waals surface area contributed by atoms with Crippen molar-refractivity contribution in [2.24, 2.45) is 17.8 Å². The Kier molecular flexibility index (Phi) is 13.6. The first-order chi connectivity index (χ1) is 31.1. The number of pyridine rings is 1. The standard InChI is InChI=1S/C49H65N5O11S/c1-28(2)63-33-17-15-31(16-18-33)40-41(62-10)37-24-34(61-9)19-20-36(37)43(50-40)64-35-25-38-42(55)52-49(45(57)53-66(59,60)48(8)21-22-48)26-32(49)14-12-11-13-29(3)23-30(4)39(44(56)54(38)27-35)51-46(58)65-47(5,6)7/h12,14-20,24,28-30,32,35,38-39H,11,13,21-23,25-27H2,1-10H3,(H,51,58)(H,52,55)(H,53,57)/b14-12-/t29-,30+,32+,35+,38-,39-,49+/m0/s1. The van der Waals surface area contributed by atoms with E-state index in [0.717, 1.165) is 6.42 Å². The highest BCUT2D eigenvalue weighted by Gasteiger charge is 2.63. The van der Waals surface area contributed by atoms with Gasteiger partial charge in [-0.3, -0.25) is 19.1 Å². The minimum absolute atomic E-state index is 0.0290. The highest BCUT2D eigenvalue weighted by Crippen LogP contribution is 2.48. The Balaban J connectivity index is 1.28. The molecule has 0 spiro atoms. The molecular formula is C49H65N5O11S. The van der Waals surface area contributed by atoms with Gasteiger partial charge in [-0.15, -0.1) is 0 Å². The molecule has 2 aliphatic carbocycles. The molecule has 358 valence electrons. The molecule has 3 heterocycles. The summed E-state index contributed by atoms with van der Waals surface area (Å²) in [6.45, 7) is 14.5. The number of alkyl carbamates (subject to hydrolysis) is 1. The van der Waals surface area contributed by atoms with Gasteiger partial charge in [0.1, 0.15) is 46.5 Å². The summed E-state index contributed by atoms with van der Waals surface area (Å²) >= 11 is 0. The number of carbonyl (C=O) groups is 4. The second-order valence-electron chi connectivity index (χ2n) is 20.0. The van der Waals surface area contributed by atoms with E-state index in [-0.39, 0.29) is 43.2 Å². The lowest BCUT2D eigenvalue weighted by molar-refractivity contribution is -0.142. The maximum Gasteiger partial charge on any atom is 0.408 e. The Bertz CT molecular complexity index is 2480. The molecule has 0 unspecified atom stereocenters. The monoisotopic (exact) mass is 931 g/mol. The molecule has 7 atom stereocenters. The number of aromatic nitrogens is 1. The van der Waals surface area contributed by atoms with Crippen LogP contribution in [-0.2, 0) is 29.1 Å². The van der Waals surface area contributed by atoms with Crippen LogP contribution in [-0.4, -0.2) is 103 Å². The molecule has 7 rings (SSSR count). The topological polar surface area (TPSA) is 201 Å². The number of amides is 4. The van der Waals surface area contributed by atoms with E-state index in [4.69, 9.17) is 28.7 Å². The Morgan fingerprint density at radius 1 is 0.970 bits per heavy atom. The van der Waals surface area contributed by atoms with Gasteiger partial charge < -0.3 is 39.2 Å². The molecular weight excluding hydrogens is 867 g/mol. The van der Waals surface area contributed by atoms with Crippen molar-refractivity contribution in [1.29, 1.82) is 0 Å². The largest absolute Gasteiger partial charge is 0.497 e. The van der Waals surface area contributed by atoms with E-state index < -0.39 is 73.8 Å². The van der Waals surface area contributed by atoms with E-state index in [9.17, 15) is 22.8 Å². The van der Waals surface area contributed by atoms with Gasteiger partial charge in [-0.05, 0) is 134 Å². The molecule has 66 heavy (non-hydrogen) atoms. The van der Waals surface area contributed by atoms with Crippen LogP contribution in [0.5, 0.6) is 23.1 Å². The smallest absolute Gasteiger partial charge is 0.408 e. The first-order valence-corrected chi connectivity index (χ1v) is 24.4. The highest BCUT2D eigenvalue weighted by atomic mass is 32.2. The molecule has 3 N–H and O–H groups in total. The molecule has 0 radical (unpaired) electrons. The number of ether oxygens (including phenoxy) is 5. The number of rotatable bonds is 11. The number of allylic oxidation sites excluding steroid dienone is 1. The van der Waals surface area contributed by atoms with E-state index >= 15 is 4.79 Å². The lowest BCUT2D eigenvalue weighted by atomic mass is 9.88. The number of hydrogen-bond acceptors (Lipinski definition) is 12. The third kappa shape index (κ3) is 10.3. The predicted octanol–water partition coefficient (Wildman–Crippen LogP) is 6.83. The quantitative estimate of drug-likeness (QED) is 0.170. The minimum Gasteiger partial charge on any atom is -0.497 e. The fourth-order valence-corrected chi connectivity index (χ4v) is 10.3. The number of fused-ring (bicyclic) bond motifs is 3. The molecule has 4 aliphatic rings. The van der Waals surface area contributed by atoms with Crippen molar-refractivity contribution in [1.82, 2.24) is 25.2 Å². The van der Waals surface area contributed by atoms with Crippen LogP contribution >= 0.6 is 0 Å². The molecule has 2 saturated carbocycles. The van der Waals surface area contributed by atoms with Gasteiger partial charge >= 0.3 is 6.09 Å². The van der Waals surface area contributed by atoms with Crippen molar-refractivity contribution in [2.45, 2.75) is 141 Å². The van der Waals surface area contributed by atoms with Crippen molar-refractivity contribution >= 4 is 44.6 Å². The van der Waals surface area contributed by atoms with Crippen LogP contribution in [0.15, 0.2) is 54.6 Å². The Hall–Kier alpha value is -5.58. The van der Waals surface area contributed by atoms with Gasteiger partial charge in [-0.1, -0.05) is 26.0 Å². The zero-order valence-electron chi connectivity index (χ0n) is 39.7. The lowest BCUT2D eigenvalue weighted by Crippen LogP contribution is -2.59. The van der Waals surface area contributed by atoms with Crippen molar-refractivity contribution in [3.63, 3.8) is 0 Å². The molecule has 1 saturated heterocycles. The molecule has 2 aliphatic heterocycles. The normalized spacial score (nSPS) is 27.0. The average Bonchev–Trinajstić information content (AvgIpc) is 4.13. The van der Waals surface area contributed by atoms with Crippen molar-refractivity contribution < 1.29 is 51.3 Å². The summed E-state index contributed by atoms with van der Waals surface area (Å²) in [5, 5.41) is 6.99. The summed E-state index contributed by atoms with van der Waals surface area (Å²) in [5.41, 5.74) is -1.26. The van der Waals surface area contributed by atoms with Gasteiger partial charge in [0.2, 0.25) is 27.7 Å². The number of nitrogens with one attached hydrogen (secondary N) is 3. The third-order valence-electron chi connectivity index (χ3n) is 13.0. The molecule has 2 aromatic carbocycles. The summed E-state index contributed by atoms with van der Waals surface area (Å²) in [5.74, 6) is -0.851. The van der Waals surface area contributed by atoms with E-state index in [0.29, 0.717) is 65.0 Å². The van der Waals surface area contributed by atoms with Crippen LogP contribution in [0.1, 0.15) is 100 Å². The SMILES string of the molecule is COc1ccc2c(O[C@@H]3C[C@H]4C(=O)N[C@]5(C(=O)NS(=O)(=O)C6(C)CC6)C[C@H]5/C=C\CC[C@H](C)C[C@@H](C)[C@H](NC(=O)OC(C)(C)C)C(=O)N4C3)nc(-c3ccc(OC(C)C)cc3)c(OC)c2c1. The van der Waals surface area contributed by atoms with Crippen LogP contribution in [0.2, 0.25) is 0 Å². The van der Waals surface area contributed by atoms with Crippen molar-refractivity contribution in [2.75, 3.05) is 20.8 Å². The van der Waals surface area contributed by atoms with Gasteiger partial charge in [-0.2, -0.15) is 0 Å². The molecule has 3 aromatic rings. The summed E-state index contributed by atoms with van der Waals surface area (Å²) < 4.78 is 57.9. The van der Waals surface area contributed by atoms with Gasteiger partial charge in [0.15, 0.2) is 5.75 Å². The average molecular weight is 932 g/mol. The van der Waals surface area contributed by atoms with E-state index in [2.05, 4.69) is 22.3 Å². The maximum absolute atomic E-state index is 15.1. The summed E-state index contributed by atoms with van der Waals surface area (Å²) in [6.07, 6.45) is 5.13. The fourth-order valence-electron chi connectivity index (χ4n) is 9.01. The van der Waals surface area contributed by atoms with Gasteiger partial charge in [0.05, 0.1) is 31.6 Å². The Morgan fingerprint density at radius 2 is 1.67 bits per heavy atom. The summed E-state index contributed by atoms with van der Waals surface area (Å²) in [6, 6.07) is 10.5. The van der Waals surface area contributed by atoms with Crippen LogP contribution < -0.4 is 34.3 Å². The lowest BCUT2D eigenvalue weighted by Gasteiger charge is -2.33. The van der Waals surface area contributed by atoms with Crippen LogP contribution in [0, 0.1) is 17.8 Å².